The molecule has 0 radical (unpaired) electrons. The molecule has 17 heavy (non-hydrogen) atoms. The topological polar surface area (TPSA) is 79.4 Å². The van der Waals surface area contributed by atoms with Crippen molar-refractivity contribution in [3.05, 3.63) is 41.7 Å². The normalized spacial score (nSPS) is 10.1. The Morgan fingerprint density at radius 1 is 1.47 bits per heavy atom. The molecule has 0 aliphatic rings. The summed E-state index contributed by atoms with van der Waals surface area (Å²) in [5, 5.41) is 19.8. The molecular weight excluding hydrogens is 216 g/mol. The van der Waals surface area contributed by atoms with E-state index in [-0.39, 0.29) is 0 Å². The number of aromatic nitrogens is 4. The number of nitriles is 1. The molecule has 0 unspecified atom stereocenters. The van der Waals surface area contributed by atoms with Crippen molar-refractivity contribution in [2.75, 3.05) is 0 Å². The zero-order valence-electron chi connectivity index (χ0n) is 9.46. The zero-order chi connectivity index (χ0) is 12.1. The number of aryl methyl sites for hydroxylation is 1. The third-order valence-corrected chi connectivity index (χ3v) is 2.40. The Hall–Kier alpha value is -2.26. The second-order valence-corrected chi connectivity index (χ2v) is 3.58. The van der Waals surface area contributed by atoms with Crippen molar-refractivity contribution in [3.8, 4) is 6.07 Å². The second-order valence-electron chi connectivity index (χ2n) is 3.58. The van der Waals surface area contributed by atoms with Gasteiger partial charge in [-0.3, -0.25) is 0 Å². The molecule has 0 aliphatic carbocycles. The van der Waals surface area contributed by atoms with E-state index in [1.54, 1.807) is 12.5 Å². The summed E-state index contributed by atoms with van der Waals surface area (Å²) in [5.41, 5.74) is 1.34. The fraction of sp³-hybridized carbons (Fsp3) is 0.273. The van der Waals surface area contributed by atoms with E-state index in [0.717, 1.165) is 11.4 Å². The van der Waals surface area contributed by atoms with Crippen LogP contribution in [0, 0.1) is 11.3 Å². The van der Waals surface area contributed by atoms with E-state index in [0.29, 0.717) is 18.8 Å². The van der Waals surface area contributed by atoms with Gasteiger partial charge >= 0.3 is 0 Å². The van der Waals surface area contributed by atoms with E-state index >= 15 is 0 Å². The second kappa shape index (κ2) is 5.18. The molecular formula is C11H12N6. The van der Waals surface area contributed by atoms with Gasteiger partial charge in [-0.05, 0) is 6.07 Å². The summed E-state index contributed by atoms with van der Waals surface area (Å²) in [5.74, 6) is 0.854. The number of hydrogen-bond donors (Lipinski definition) is 1. The van der Waals surface area contributed by atoms with E-state index in [9.17, 15) is 0 Å². The highest BCUT2D eigenvalue weighted by Gasteiger charge is 2.03. The lowest BCUT2D eigenvalue weighted by Gasteiger charge is -2.05. The summed E-state index contributed by atoms with van der Waals surface area (Å²) in [6, 6.07) is 5.77. The van der Waals surface area contributed by atoms with Gasteiger partial charge in [0.05, 0.1) is 6.54 Å². The van der Waals surface area contributed by atoms with Crippen LogP contribution in [-0.2, 0) is 20.1 Å². The fourth-order valence-electron chi connectivity index (χ4n) is 1.46. The molecule has 0 spiro atoms. The summed E-state index contributed by atoms with van der Waals surface area (Å²) in [6.45, 7) is 1.19. The fourth-order valence-corrected chi connectivity index (χ4v) is 1.46. The summed E-state index contributed by atoms with van der Waals surface area (Å²) in [4.78, 5) is 4.00. The molecule has 2 heterocycles. The van der Waals surface area contributed by atoms with Crippen LogP contribution >= 0.6 is 0 Å². The minimum absolute atomic E-state index is 0.456. The van der Waals surface area contributed by atoms with Crippen molar-refractivity contribution >= 4 is 0 Å². The van der Waals surface area contributed by atoms with Crippen LogP contribution in [0.25, 0.3) is 0 Å². The van der Waals surface area contributed by atoms with Crippen molar-refractivity contribution in [2.24, 2.45) is 7.05 Å². The highest BCUT2D eigenvalue weighted by atomic mass is 15.3. The molecule has 6 heteroatoms. The number of hydrogen-bond acceptors (Lipinski definition) is 5. The highest BCUT2D eigenvalue weighted by molar-refractivity contribution is 5.30. The lowest BCUT2D eigenvalue weighted by atomic mass is 10.2. The molecule has 0 atom stereocenters. The minimum atomic E-state index is 0.456. The smallest absolute Gasteiger partial charge is 0.146 e. The maximum Gasteiger partial charge on any atom is 0.146 e. The SMILES string of the molecule is Cn1cnnc1CNCc1cccnc1C#N. The Labute approximate surface area is 98.9 Å². The molecule has 1 N–H and O–H groups in total. The van der Waals surface area contributed by atoms with E-state index in [1.807, 2.05) is 23.7 Å². The Morgan fingerprint density at radius 2 is 2.35 bits per heavy atom. The van der Waals surface area contributed by atoms with Crippen molar-refractivity contribution in [2.45, 2.75) is 13.1 Å². The molecule has 0 saturated carbocycles. The summed E-state index contributed by atoms with van der Waals surface area (Å²) in [7, 11) is 1.89. The number of nitrogens with one attached hydrogen (secondary N) is 1. The maximum absolute atomic E-state index is 8.88. The lowest BCUT2D eigenvalue weighted by Crippen LogP contribution is -2.16. The molecule has 0 amide bonds. The third-order valence-electron chi connectivity index (χ3n) is 2.40. The van der Waals surface area contributed by atoms with Gasteiger partial charge in [0.2, 0.25) is 0 Å². The minimum Gasteiger partial charge on any atom is -0.320 e. The molecule has 0 bridgehead atoms. The first-order valence-corrected chi connectivity index (χ1v) is 5.19. The Balaban J connectivity index is 1.95. The molecule has 0 saturated heterocycles. The van der Waals surface area contributed by atoms with Gasteiger partial charge in [-0.2, -0.15) is 5.26 Å². The zero-order valence-corrected chi connectivity index (χ0v) is 9.46. The average molecular weight is 228 g/mol. The van der Waals surface area contributed by atoms with Crippen molar-refractivity contribution < 1.29 is 0 Å². The van der Waals surface area contributed by atoms with E-state index in [4.69, 9.17) is 5.26 Å². The van der Waals surface area contributed by atoms with Crippen LogP contribution in [0.5, 0.6) is 0 Å². The van der Waals surface area contributed by atoms with Gasteiger partial charge in [-0.25, -0.2) is 4.98 Å². The highest BCUT2D eigenvalue weighted by Crippen LogP contribution is 2.03. The van der Waals surface area contributed by atoms with Crippen LogP contribution in [0.2, 0.25) is 0 Å². The molecule has 86 valence electrons. The summed E-state index contributed by atoms with van der Waals surface area (Å²) < 4.78 is 1.85. The monoisotopic (exact) mass is 228 g/mol. The molecule has 0 aliphatic heterocycles. The van der Waals surface area contributed by atoms with Crippen LogP contribution in [0.1, 0.15) is 17.1 Å². The van der Waals surface area contributed by atoms with Crippen LogP contribution in [0.4, 0.5) is 0 Å². The van der Waals surface area contributed by atoms with Crippen molar-refractivity contribution in [1.29, 1.82) is 5.26 Å². The predicted octanol–water partition coefficient (Wildman–Crippen LogP) is 0.372. The number of pyridine rings is 1. The molecule has 2 aromatic rings. The molecule has 2 rings (SSSR count). The van der Waals surface area contributed by atoms with Crippen LogP contribution in [-0.4, -0.2) is 19.7 Å². The maximum atomic E-state index is 8.88. The third kappa shape index (κ3) is 2.65. The molecule has 0 aromatic carbocycles. The number of rotatable bonds is 4. The van der Waals surface area contributed by atoms with Gasteiger partial charge in [-0.1, -0.05) is 6.07 Å². The van der Waals surface area contributed by atoms with Gasteiger partial charge in [0.1, 0.15) is 23.9 Å². The molecule has 6 nitrogen and oxygen atoms in total. The van der Waals surface area contributed by atoms with Crippen molar-refractivity contribution in [3.63, 3.8) is 0 Å². The standard InChI is InChI=1S/C11H12N6/c1-17-8-15-16-11(17)7-13-6-9-3-2-4-14-10(9)5-12/h2-4,8,13H,6-7H2,1H3. The van der Waals surface area contributed by atoms with Crippen LogP contribution in [0.3, 0.4) is 0 Å². The van der Waals surface area contributed by atoms with Gasteiger partial charge in [0.25, 0.3) is 0 Å². The largest absolute Gasteiger partial charge is 0.320 e. The molecule has 2 aromatic heterocycles. The van der Waals surface area contributed by atoms with Gasteiger partial charge in [-0.15, -0.1) is 10.2 Å². The van der Waals surface area contributed by atoms with E-state index in [2.05, 4.69) is 26.6 Å². The Kier molecular flexibility index (Phi) is 3.43. The molecule has 0 fully saturated rings. The summed E-state index contributed by atoms with van der Waals surface area (Å²) in [6.07, 6.45) is 3.27. The van der Waals surface area contributed by atoms with Crippen LogP contribution < -0.4 is 5.32 Å². The first kappa shape index (κ1) is 11.2. The van der Waals surface area contributed by atoms with Crippen molar-refractivity contribution in [1.82, 2.24) is 25.1 Å². The lowest BCUT2D eigenvalue weighted by molar-refractivity contribution is 0.635. The first-order valence-electron chi connectivity index (χ1n) is 5.19. The van der Waals surface area contributed by atoms with Gasteiger partial charge < -0.3 is 9.88 Å². The Bertz CT molecular complexity index is 539. The van der Waals surface area contributed by atoms with E-state index in [1.165, 1.54) is 0 Å². The van der Waals surface area contributed by atoms with E-state index < -0.39 is 0 Å². The number of nitrogens with zero attached hydrogens (tertiary/aromatic N) is 5. The first-order chi connectivity index (χ1) is 8.31. The Morgan fingerprint density at radius 3 is 3.06 bits per heavy atom. The predicted molar refractivity (Wildman–Crippen MR) is 60.5 cm³/mol. The van der Waals surface area contributed by atoms with Crippen LogP contribution in [0.15, 0.2) is 24.7 Å². The van der Waals surface area contributed by atoms with Gasteiger partial charge in [0.15, 0.2) is 0 Å². The summed E-state index contributed by atoms with van der Waals surface area (Å²) >= 11 is 0. The quantitative estimate of drug-likeness (QED) is 0.818. The van der Waals surface area contributed by atoms with Gasteiger partial charge in [0, 0.05) is 25.4 Å². The average Bonchev–Trinajstić information content (AvgIpc) is 2.76.